The average molecular weight is 330 g/mol. The molecular weight excluding hydrogens is 308 g/mol. The van der Waals surface area contributed by atoms with Crippen LogP contribution in [0.4, 0.5) is 0 Å². The number of hydrogen-bond acceptors (Lipinski definition) is 3. The van der Waals surface area contributed by atoms with Crippen molar-refractivity contribution in [3.05, 3.63) is 35.5 Å². The van der Waals surface area contributed by atoms with Crippen LogP contribution < -0.4 is 10.1 Å². The van der Waals surface area contributed by atoms with E-state index in [1.54, 1.807) is 4.90 Å². The van der Waals surface area contributed by atoms with Crippen molar-refractivity contribution >= 4 is 29.3 Å². The zero-order valence-corrected chi connectivity index (χ0v) is 14.2. The monoisotopic (exact) mass is 330 g/mol. The van der Waals surface area contributed by atoms with Crippen molar-refractivity contribution in [2.75, 3.05) is 6.61 Å². The summed E-state index contributed by atoms with van der Waals surface area (Å²) in [6, 6.07) is 7.96. The first-order chi connectivity index (χ1) is 11.2. The molecule has 0 radical (unpaired) electrons. The number of ether oxygens (including phenoxy) is 1. The summed E-state index contributed by atoms with van der Waals surface area (Å²) in [6.07, 6.45) is 7.50. The van der Waals surface area contributed by atoms with E-state index >= 15 is 0 Å². The van der Waals surface area contributed by atoms with Crippen molar-refractivity contribution in [1.82, 2.24) is 10.2 Å². The summed E-state index contributed by atoms with van der Waals surface area (Å²) < 4.78 is 5.62. The van der Waals surface area contributed by atoms with Gasteiger partial charge in [0.05, 0.1) is 6.61 Å². The molecule has 0 aromatic heterocycles. The lowest BCUT2D eigenvalue weighted by Gasteiger charge is -2.29. The molecule has 5 heteroatoms. The molecule has 1 aromatic carbocycles. The standard InChI is InChI=1S/C18H22N2O2S/c1-2-22-16-11-7-6-8-13(16)12-15-17(21)20(18(23)19-15)14-9-4-3-5-10-14/h6-8,11-12,14H,2-5,9-10H2,1H3,(H,19,23). The lowest BCUT2D eigenvalue weighted by molar-refractivity contribution is -0.124. The molecule has 1 N–H and O–H groups in total. The van der Waals surface area contributed by atoms with Crippen LogP contribution in [0.1, 0.15) is 44.6 Å². The van der Waals surface area contributed by atoms with Crippen LogP contribution in [-0.4, -0.2) is 28.6 Å². The van der Waals surface area contributed by atoms with E-state index in [0.717, 1.165) is 24.2 Å². The normalized spacial score (nSPS) is 20.9. The fourth-order valence-electron chi connectivity index (χ4n) is 3.26. The molecule has 1 amide bonds. The van der Waals surface area contributed by atoms with Gasteiger partial charge in [-0.15, -0.1) is 0 Å². The van der Waals surface area contributed by atoms with E-state index < -0.39 is 0 Å². The van der Waals surface area contributed by atoms with E-state index in [0.29, 0.717) is 17.4 Å². The summed E-state index contributed by atoms with van der Waals surface area (Å²) in [6.45, 7) is 2.54. The first-order valence-corrected chi connectivity index (χ1v) is 8.69. The lowest BCUT2D eigenvalue weighted by atomic mass is 9.94. The molecule has 0 unspecified atom stereocenters. The van der Waals surface area contributed by atoms with Crippen LogP contribution in [0.2, 0.25) is 0 Å². The minimum absolute atomic E-state index is 0.0202. The number of amides is 1. The number of thiocarbonyl (C=S) groups is 1. The SMILES string of the molecule is CCOc1ccccc1C=C1NC(=S)N(C2CCCCC2)C1=O. The van der Waals surface area contributed by atoms with Gasteiger partial charge < -0.3 is 10.1 Å². The van der Waals surface area contributed by atoms with Gasteiger partial charge in [0.15, 0.2) is 5.11 Å². The predicted molar refractivity (Wildman–Crippen MR) is 95.0 cm³/mol. The average Bonchev–Trinajstić information content (AvgIpc) is 2.84. The maximum atomic E-state index is 12.8. The highest BCUT2D eigenvalue weighted by atomic mass is 32.1. The minimum Gasteiger partial charge on any atom is -0.493 e. The number of para-hydroxylation sites is 1. The molecule has 1 saturated carbocycles. The third-order valence-corrected chi connectivity index (χ3v) is 4.67. The van der Waals surface area contributed by atoms with E-state index in [4.69, 9.17) is 17.0 Å². The molecule has 0 spiro atoms. The number of nitrogens with zero attached hydrogens (tertiary/aromatic N) is 1. The quantitative estimate of drug-likeness (QED) is 0.678. The number of hydrogen-bond donors (Lipinski definition) is 1. The smallest absolute Gasteiger partial charge is 0.276 e. The molecule has 1 saturated heterocycles. The zero-order valence-electron chi connectivity index (χ0n) is 13.4. The molecule has 3 rings (SSSR count). The Balaban J connectivity index is 1.84. The van der Waals surface area contributed by atoms with Gasteiger partial charge in [0, 0.05) is 11.6 Å². The summed E-state index contributed by atoms with van der Waals surface area (Å²) in [5.74, 6) is 0.757. The topological polar surface area (TPSA) is 41.6 Å². The Morgan fingerprint density at radius 1 is 1.30 bits per heavy atom. The summed E-state index contributed by atoms with van der Waals surface area (Å²) >= 11 is 5.40. The zero-order chi connectivity index (χ0) is 16.2. The van der Waals surface area contributed by atoms with Gasteiger partial charge in [0.2, 0.25) is 0 Å². The Bertz CT molecular complexity index is 636. The Kier molecular flexibility index (Phi) is 4.96. The van der Waals surface area contributed by atoms with Gasteiger partial charge in [0.1, 0.15) is 11.4 Å². The first kappa shape index (κ1) is 16.0. The van der Waals surface area contributed by atoms with E-state index in [1.807, 2.05) is 37.3 Å². The highest BCUT2D eigenvalue weighted by Gasteiger charge is 2.36. The Hall–Kier alpha value is -1.88. The minimum atomic E-state index is -0.0202. The van der Waals surface area contributed by atoms with E-state index in [-0.39, 0.29) is 11.9 Å². The van der Waals surface area contributed by atoms with Crippen LogP contribution in [0.5, 0.6) is 5.75 Å². The van der Waals surface area contributed by atoms with Gasteiger partial charge in [0.25, 0.3) is 5.91 Å². The Labute approximate surface area is 142 Å². The number of nitrogens with one attached hydrogen (secondary N) is 1. The van der Waals surface area contributed by atoms with Crippen molar-refractivity contribution in [3.63, 3.8) is 0 Å². The van der Waals surface area contributed by atoms with Crippen LogP contribution in [0, 0.1) is 0 Å². The molecule has 1 heterocycles. The Morgan fingerprint density at radius 2 is 2.04 bits per heavy atom. The van der Waals surface area contributed by atoms with Crippen LogP contribution >= 0.6 is 12.2 Å². The van der Waals surface area contributed by atoms with Gasteiger partial charge >= 0.3 is 0 Å². The first-order valence-electron chi connectivity index (χ1n) is 8.28. The fraction of sp³-hybridized carbons (Fsp3) is 0.444. The van der Waals surface area contributed by atoms with Gasteiger partial charge in [-0.3, -0.25) is 9.69 Å². The lowest BCUT2D eigenvalue weighted by Crippen LogP contribution is -2.41. The molecule has 2 fully saturated rings. The Morgan fingerprint density at radius 3 is 2.78 bits per heavy atom. The second kappa shape index (κ2) is 7.13. The summed E-state index contributed by atoms with van der Waals surface area (Å²) in [4.78, 5) is 14.5. The number of carbonyl (C=O) groups is 1. The van der Waals surface area contributed by atoms with Gasteiger partial charge in [-0.1, -0.05) is 37.5 Å². The number of rotatable bonds is 4. The molecule has 23 heavy (non-hydrogen) atoms. The third kappa shape index (κ3) is 3.39. The van der Waals surface area contributed by atoms with E-state index in [9.17, 15) is 4.79 Å². The van der Waals surface area contributed by atoms with Gasteiger partial charge in [-0.2, -0.15) is 0 Å². The van der Waals surface area contributed by atoms with Crippen LogP contribution in [0.25, 0.3) is 6.08 Å². The molecule has 0 bridgehead atoms. The second-order valence-corrected chi connectivity index (χ2v) is 6.31. The largest absolute Gasteiger partial charge is 0.493 e. The van der Waals surface area contributed by atoms with Crippen LogP contribution in [0.3, 0.4) is 0 Å². The number of benzene rings is 1. The van der Waals surface area contributed by atoms with E-state index in [2.05, 4.69) is 5.32 Å². The fourth-order valence-corrected chi connectivity index (χ4v) is 3.60. The van der Waals surface area contributed by atoms with Crippen LogP contribution in [-0.2, 0) is 4.79 Å². The summed E-state index contributed by atoms with van der Waals surface area (Å²) in [5.41, 5.74) is 1.42. The highest BCUT2D eigenvalue weighted by Crippen LogP contribution is 2.28. The van der Waals surface area contributed by atoms with E-state index in [1.165, 1.54) is 19.3 Å². The molecule has 1 aliphatic heterocycles. The molecule has 2 aliphatic rings. The molecule has 122 valence electrons. The summed E-state index contributed by atoms with van der Waals surface area (Å²) in [5, 5.41) is 3.61. The maximum Gasteiger partial charge on any atom is 0.276 e. The van der Waals surface area contributed by atoms with Crippen LogP contribution in [0.15, 0.2) is 30.0 Å². The molecule has 0 atom stereocenters. The van der Waals surface area contributed by atoms with Gasteiger partial charge in [-0.25, -0.2) is 0 Å². The molecular formula is C18H22N2O2S. The van der Waals surface area contributed by atoms with Crippen molar-refractivity contribution in [3.8, 4) is 5.75 Å². The number of carbonyl (C=O) groups excluding carboxylic acids is 1. The third-order valence-electron chi connectivity index (χ3n) is 4.37. The molecule has 1 aromatic rings. The molecule has 4 nitrogen and oxygen atoms in total. The summed E-state index contributed by atoms with van der Waals surface area (Å²) in [7, 11) is 0. The van der Waals surface area contributed by atoms with Crippen molar-refractivity contribution in [1.29, 1.82) is 0 Å². The second-order valence-electron chi connectivity index (χ2n) is 5.93. The maximum absolute atomic E-state index is 12.8. The predicted octanol–water partition coefficient (Wildman–Crippen LogP) is 3.48. The highest BCUT2D eigenvalue weighted by molar-refractivity contribution is 7.80. The molecule has 1 aliphatic carbocycles. The van der Waals surface area contributed by atoms with Gasteiger partial charge in [-0.05, 0) is 44.1 Å². The van der Waals surface area contributed by atoms with Crippen molar-refractivity contribution in [2.24, 2.45) is 0 Å². The van der Waals surface area contributed by atoms with Crippen molar-refractivity contribution in [2.45, 2.75) is 45.1 Å². The van der Waals surface area contributed by atoms with Crippen molar-refractivity contribution < 1.29 is 9.53 Å².